The predicted molar refractivity (Wildman–Crippen MR) is 56.5 cm³/mol. The molecule has 0 aliphatic rings. The number of amides is 2. The zero-order valence-electron chi connectivity index (χ0n) is 9.40. The Morgan fingerprint density at radius 1 is 1.44 bits per heavy atom. The number of carbonyl (C=O) groups is 3. The Morgan fingerprint density at radius 2 is 2.00 bits per heavy atom. The maximum atomic E-state index is 10.8. The highest BCUT2D eigenvalue weighted by Gasteiger charge is 2.21. The third-order valence-corrected chi connectivity index (χ3v) is 1.94. The van der Waals surface area contributed by atoms with Crippen LogP contribution in [0.4, 0.5) is 0 Å². The van der Waals surface area contributed by atoms with Gasteiger partial charge in [0.25, 0.3) is 0 Å². The minimum Gasteiger partial charge on any atom is -0.480 e. The summed E-state index contributed by atoms with van der Waals surface area (Å²) in [6.45, 7) is 3.51. The van der Waals surface area contributed by atoms with Crippen molar-refractivity contribution in [3.63, 3.8) is 0 Å². The number of rotatable bonds is 7. The molecule has 0 bridgehead atoms. The average Bonchev–Trinajstić information content (AvgIpc) is 2.13. The molecule has 7 nitrogen and oxygen atoms in total. The second-order valence-corrected chi connectivity index (χ2v) is 3.39. The molecule has 0 aromatic carbocycles. The number of hydrogen-bond acceptors (Lipinski definition) is 4. The molecule has 0 spiro atoms. The van der Waals surface area contributed by atoms with Crippen LogP contribution >= 0.6 is 0 Å². The number of carboxylic acids is 1. The van der Waals surface area contributed by atoms with E-state index in [1.54, 1.807) is 11.8 Å². The molecule has 0 aromatic rings. The van der Waals surface area contributed by atoms with Crippen molar-refractivity contribution < 1.29 is 19.5 Å². The lowest BCUT2D eigenvalue weighted by atomic mass is 10.2. The van der Waals surface area contributed by atoms with Crippen LogP contribution in [-0.2, 0) is 14.4 Å². The fourth-order valence-electron chi connectivity index (χ4n) is 1.21. The van der Waals surface area contributed by atoms with Gasteiger partial charge in [-0.3, -0.25) is 14.5 Å². The number of carbonyl (C=O) groups excluding carboxylic acids is 2. The molecule has 0 rings (SSSR count). The van der Waals surface area contributed by atoms with Crippen LogP contribution in [0.15, 0.2) is 0 Å². The fourth-order valence-corrected chi connectivity index (χ4v) is 1.21. The molecule has 0 aliphatic heterocycles. The Morgan fingerprint density at radius 3 is 2.31 bits per heavy atom. The Kier molecular flexibility index (Phi) is 6.09. The summed E-state index contributed by atoms with van der Waals surface area (Å²) >= 11 is 0. The second-order valence-electron chi connectivity index (χ2n) is 3.39. The highest BCUT2D eigenvalue weighted by atomic mass is 16.4. The van der Waals surface area contributed by atoms with Crippen LogP contribution in [-0.4, -0.2) is 53.5 Å². The molecule has 7 heteroatoms. The van der Waals surface area contributed by atoms with Crippen LogP contribution < -0.4 is 11.1 Å². The molecule has 0 heterocycles. The van der Waals surface area contributed by atoms with E-state index in [0.717, 1.165) is 0 Å². The van der Waals surface area contributed by atoms with Gasteiger partial charge in [0.15, 0.2) is 0 Å². The first-order valence-corrected chi connectivity index (χ1v) is 4.87. The van der Waals surface area contributed by atoms with Gasteiger partial charge in [-0.25, -0.2) is 4.79 Å². The van der Waals surface area contributed by atoms with E-state index in [0.29, 0.717) is 6.54 Å². The quantitative estimate of drug-likeness (QED) is 0.487. The fraction of sp³-hybridized carbons (Fsp3) is 0.667. The minimum absolute atomic E-state index is 0.0279. The van der Waals surface area contributed by atoms with Crippen LogP contribution in [0.25, 0.3) is 0 Å². The van der Waals surface area contributed by atoms with Gasteiger partial charge in [-0.1, -0.05) is 6.92 Å². The largest absolute Gasteiger partial charge is 0.480 e. The smallest absolute Gasteiger partial charge is 0.327 e. The van der Waals surface area contributed by atoms with Crippen LogP contribution in [0.1, 0.15) is 13.8 Å². The number of aliphatic carboxylic acids is 1. The molecule has 0 aliphatic carbocycles. The summed E-state index contributed by atoms with van der Waals surface area (Å²) in [4.78, 5) is 33.8. The van der Waals surface area contributed by atoms with Crippen molar-refractivity contribution in [3.05, 3.63) is 0 Å². The Balaban J connectivity index is 4.39. The summed E-state index contributed by atoms with van der Waals surface area (Å²) in [5.41, 5.74) is 5.01. The molecule has 2 amide bonds. The third kappa shape index (κ3) is 5.97. The molecular weight excluding hydrogens is 214 g/mol. The van der Waals surface area contributed by atoms with Crippen molar-refractivity contribution in [2.24, 2.45) is 5.73 Å². The summed E-state index contributed by atoms with van der Waals surface area (Å²) in [6.07, 6.45) is 0. The van der Waals surface area contributed by atoms with E-state index in [2.05, 4.69) is 5.32 Å². The molecule has 92 valence electrons. The second kappa shape index (κ2) is 6.78. The lowest BCUT2D eigenvalue weighted by molar-refractivity contribution is -0.142. The first kappa shape index (κ1) is 14.4. The minimum atomic E-state index is -1.14. The number of nitrogens with one attached hydrogen (secondary N) is 1. The van der Waals surface area contributed by atoms with Crippen molar-refractivity contribution >= 4 is 17.8 Å². The highest BCUT2D eigenvalue weighted by molar-refractivity contribution is 5.82. The van der Waals surface area contributed by atoms with Gasteiger partial charge >= 0.3 is 5.97 Å². The number of nitrogens with two attached hydrogens (primary N) is 1. The Labute approximate surface area is 93.6 Å². The van der Waals surface area contributed by atoms with Crippen molar-refractivity contribution in [2.45, 2.75) is 19.9 Å². The van der Waals surface area contributed by atoms with E-state index in [-0.39, 0.29) is 13.1 Å². The van der Waals surface area contributed by atoms with Crippen LogP contribution in [0, 0.1) is 0 Å². The van der Waals surface area contributed by atoms with E-state index in [1.165, 1.54) is 6.92 Å². The van der Waals surface area contributed by atoms with Crippen LogP contribution in [0.5, 0.6) is 0 Å². The van der Waals surface area contributed by atoms with Gasteiger partial charge in [-0.15, -0.1) is 0 Å². The zero-order valence-corrected chi connectivity index (χ0v) is 9.40. The standard InChI is InChI=1S/C9H17N3O4/c1-3-12(5-8(10)14)4-7(9(15)16)11-6(2)13/h7H,3-5H2,1-2H3,(H2,10,14)(H,11,13)(H,15,16). The molecule has 0 radical (unpaired) electrons. The number of nitrogens with zero attached hydrogens (tertiary/aromatic N) is 1. The van der Waals surface area contributed by atoms with E-state index in [9.17, 15) is 14.4 Å². The molecule has 0 fully saturated rings. The first-order chi connectivity index (χ1) is 7.36. The maximum Gasteiger partial charge on any atom is 0.327 e. The lowest BCUT2D eigenvalue weighted by Gasteiger charge is -2.23. The number of hydrogen-bond donors (Lipinski definition) is 3. The van der Waals surface area contributed by atoms with Gasteiger partial charge in [-0.2, -0.15) is 0 Å². The van der Waals surface area contributed by atoms with Crippen molar-refractivity contribution in [1.82, 2.24) is 10.2 Å². The summed E-state index contributed by atoms with van der Waals surface area (Å²) in [5, 5.41) is 11.1. The average molecular weight is 231 g/mol. The topological polar surface area (TPSA) is 113 Å². The summed E-state index contributed by atoms with van der Waals surface area (Å²) in [6, 6.07) is -1.03. The number of carboxylic acid groups (broad SMARTS) is 1. The highest BCUT2D eigenvalue weighted by Crippen LogP contribution is 1.93. The molecule has 0 saturated carbocycles. The van der Waals surface area contributed by atoms with Crippen LogP contribution in [0.3, 0.4) is 0 Å². The van der Waals surface area contributed by atoms with E-state index in [1.807, 2.05) is 0 Å². The van der Waals surface area contributed by atoms with Gasteiger partial charge in [0.05, 0.1) is 6.54 Å². The normalized spacial score (nSPS) is 12.2. The maximum absolute atomic E-state index is 10.8. The number of likely N-dealkylation sites (N-methyl/N-ethyl adjacent to an activating group) is 1. The Hall–Kier alpha value is -1.63. The van der Waals surface area contributed by atoms with Crippen molar-refractivity contribution in [1.29, 1.82) is 0 Å². The van der Waals surface area contributed by atoms with E-state index >= 15 is 0 Å². The van der Waals surface area contributed by atoms with Crippen molar-refractivity contribution in [2.75, 3.05) is 19.6 Å². The third-order valence-electron chi connectivity index (χ3n) is 1.94. The van der Waals surface area contributed by atoms with Gasteiger partial charge in [0.1, 0.15) is 6.04 Å². The van der Waals surface area contributed by atoms with E-state index < -0.39 is 23.8 Å². The summed E-state index contributed by atoms with van der Waals surface area (Å²) in [5.74, 6) is -2.10. The van der Waals surface area contributed by atoms with Crippen LogP contribution in [0.2, 0.25) is 0 Å². The molecule has 16 heavy (non-hydrogen) atoms. The monoisotopic (exact) mass is 231 g/mol. The molecule has 1 unspecified atom stereocenters. The van der Waals surface area contributed by atoms with Gasteiger partial charge < -0.3 is 16.2 Å². The summed E-state index contributed by atoms with van der Waals surface area (Å²) < 4.78 is 0. The zero-order chi connectivity index (χ0) is 12.7. The Bertz CT molecular complexity index is 280. The van der Waals surface area contributed by atoms with Gasteiger partial charge in [0, 0.05) is 13.5 Å². The van der Waals surface area contributed by atoms with Crippen molar-refractivity contribution in [3.8, 4) is 0 Å². The van der Waals surface area contributed by atoms with E-state index in [4.69, 9.17) is 10.8 Å². The molecule has 4 N–H and O–H groups in total. The first-order valence-electron chi connectivity index (χ1n) is 4.87. The SMILES string of the molecule is CCN(CC(N)=O)CC(NC(C)=O)C(=O)O. The predicted octanol–water partition coefficient (Wildman–Crippen LogP) is -1.62. The molecule has 0 aromatic heterocycles. The van der Waals surface area contributed by atoms with Gasteiger partial charge in [-0.05, 0) is 6.54 Å². The summed E-state index contributed by atoms with van der Waals surface area (Å²) in [7, 11) is 0. The number of primary amides is 1. The molecular formula is C9H17N3O4. The lowest BCUT2D eigenvalue weighted by Crippen LogP contribution is -2.49. The molecule has 0 saturated heterocycles. The molecule has 1 atom stereocenters. The van der Waals surface area contributed by atoms with Gasteiger partial charge in [0.2, 0.25) is 11.8 Å².